The van der Waals surface area contributed by atoms with Gasteiger partial charge in [0.25, 0.3) is 0 Å². The number of likely N-dealkylation sites (N-methyl/N-ethyl adjacent to an activating group) is 1. The quantitative estimate of drug-likeness (QED) is 0.870. The number of rotatable bonds is 3. The number of hydrogen-bond donors (Lipinski definition) is 1. The van der Waals surface area contributed by atoms with E-state index in [-0.39, 0.29) is 6.10 Å². The highest BCUT2D eigenvalue weighted by Gasteiger charge is 2.25. The predicted octanol–water partition coefficient (Wildman–Crippen LogP) is 2.00. The number of aryl methyl sites for hydroxylation is 2. The molecule has 1 fully saturated rings. The Labute approximate surface area is 103 Å². The van der Waals surface area contributed by atoms with Crippen molar-refractivity contribution in [1.29, 1.82) is 0 Å². The van der Waals surface area contributed by atoms with E-state index in [1.54, 1.807) is 6.20 Å². The zero-order valence-electron chi connectivity index (χ0n) is 10.9. The Bertz CT molecular complexity index is 381. The van der Waals surface area contributed by atoms with Crippen LogP contribution < -0.4 is 10.1 Å². The van der Waals surface area contributed by atoms with Crippen molar-refractivity contribution in [2.75, 3.05) is 7.05 Å². The van der Waals surface area contributed by atoms with Crippen molar-refractivity contribution in [2.24, 2.45) is 0 Å². The van der Waals surface area contributed by atoms with Crippen molar-refractivity contribution >= 4 is 0 Å². The molecule has 1 aliphatic carbocycles. The van der Waals surface area contributed by atoms with Crippen molar-refractivity contribution in [1.82, 2.24) is 15.3 Å². The number of aromatic nitrogens is 2. The summed E-state index contributed by atoms with van der Waals surface area (Å²) >= 11 is 0. The summed E-state index contributed by atoms with van der Waals surface area (Å²) in [5.74, 6) is 0.653. The van der Waals surface area contributed by atoms with Crippen LogP contribution in [-0.4, -0.2) is 29.2 Å². The van der Waals surface area contributed by atoms with Crippen molar-refractivity contribution < 1.29 is 4.74 Å². The Balaban J connectivity index is 2.05. The zero-order valence-corrected chi connectivity index (χ0v) is 10.9. The lowest BCUT2D eigenvalue weighted by atomic mass is 9.92. The van der Waals surface area contributed by atoms with Crippen molar-refractivity contribution in [3.8, 4) is 5.88 Å². The lowest BCUT2D eigenvalue weighted by Gasteiger charge is -2.31. The van der Waals surface area contributed by atoms with Gasteiger partial charge in [0.05, 0.1) is 17.6 Å². The standard InChI is InChI=1S/C13H21N3O/c1-9-10(2)16-13(8-15-9)17-12-7-5-4-6-11(12)14-3/h8,11-12,14H,4-7H2,1-3H3. The van der Waals surface area contributed by atoms with Crippen LogP contribution in [0.2, 0.25) is 0 Å². The predicted molar refractivity (Wildman–Crippen MR) is 67.2 cm³/mol. The van der Waals surface area contributed by atoms with Gasteiger partial charge in [0, 0.05) is 6.04 Å². The summed E-state index contributed by atoms with van der Waals surface area (Å²) in [6.45, 7) is 3.93. The summed E-state index contributed by atoms with van der Waals surface area (Å²) in [5.41, 5.74) is 1.91. The van der Waals surface area contributed by atoms with Crippen LogP contribution in [0.5, 0.6) is 5.88 Å². The van der Waals surface area contributed by atoms with E-state index < -0.39 is 0 Å². The van der Waals surface area contributed by atoms with Crippen LogP contribution in [0.3, 0.4) is 0 Å². The van der Waals surface area contributed by atoms with E-state index in [1.807, 2.05) is 20.9 Å². The number of nitrogens with one attached hydrogen (secondary N) is 1. The molecular weight excluding hydrogens is 214 g/mol. The molecule has 0 aromatic carbocycles. The lowest BCUT2D eigenvalue weighted by Crippen LogP contribution is -2.43. The van der Waals surface area contributed by atoms with E-state index >= 15 is 0 Å². The lowest BCUT2D eigenvalue weighted by molar-refractivity contribution is 0.112. The second kappa shape index (κ2) is 5.45. The van der Waals surface area contributed by atoms with Crippen molar-refractivity contribution in [2.45, 2.75) is 51.7 Å². The van der Waals surface area contributed by atoms with Gasteiger partial charge in [-0.25, -0.2) is 4.98 Å². The summed E-state index contributed by atoms with van der Waals surface area (Å²) in [4.78, 5) is 8.71. The minimum absolute atomic E-state index is 0.227. The summed E-state index contributed by atoms with van der Waals surface area (Å²) in [7, 11) is 2.00. The second-order valence-electron chi connectivity index (χ2n) is 4.71. The molecule has 1 aromatic rings. The molecular formula is C13H21N3O. The Morgan fingerprint density at radius 1 is 1.24 bits per heavy atom. The molecule has 4 heteroatoms. The fraction of sp³-hybridized carbons (Fsp3) is 0.692. The van der Waals surface area contributed by atoms with Gasteiger partial charge in [-0.05, 0) is 40.2 Å². The number of hydrogen-bond acceptors (Lipinski definition) is 4. The average Bonchev–Trinajstić information content (AvgIpc) is 2.34. The molecule has 1 heterocycles. The first-order valence-electron chi connectivity index (χ1n) is 6.35. The molecule has 1 aromatic heterocycles. The first-order chi connectivity index (χ1) is 8.20. The fourth-order valence-corrected chi connectivity index (χ4v) is 2.30. The minimum Gasteiger partial charge on any atom is -0.472 e. The largest absolute Gasteiger partial charge is 0.472 e. The van der Waals surface area contributed by atoms with Crippen molar-refractivity contribution in [3.63, 3.8) is 0 Å². The Hall–Kier alpha value is -1.16. The third kappa shape index (κ3) is 2.94. The van der Waals surface area contributed by atoms with Gasteiger partial charge >= 0.3 is 0 Å². The molecule has 2 unspecified atom stereocenters. The third-order valence-corrected chi connectivity index (χ3v) is 3.52. The summed E-state index contributed by atoms with van der Waals surface area (Å²) in [5, 5.41) is 3.33. The Kier molecular flexibility index (Phi) is 3.94. The zero-order chi connectivity index (χ0) is 12.3. The van der Waals surface area contributed by atoms with Gasteiger partial charge in [-0.2, -0.15) is 0 Å². The molecule has 2 rings (SSSR count). The highest BCUT2D eigenvalue weighted by Crippen LogP contribution is 2.22. The molecule has 1 aliphatic rings. The molecule has 4 nitrogen and oxygen atoms in total. The van der Waals surface area contributed by atoms with E-state index in [4.69, 9.17) is 4.74 Å². The maximum absolute atomic E-state index is 5.96. The second-order valence-corrected chi connectivity index (χ2v) is 4.71. The number of ether oxygens (including phenoxy) is 1. The summed E-state index contributed by atoms with van der Waals surface area (Å²) in [6.07, 6.45) is 6.75. The highest BCUT2D eigenvalue weighted by molar-refractivity contribution is 5.14. The van der Waals surface area contributed by atoms with Gasteiger partial charge in [-0.1, -0.05) is 6.42 Å². The maximum atomic E-state index is 5.96. The summed E-state index contributed by atoms with van der Waals surface area (Å²) < 4.78 is 5.96. The first-order valence-corrected chi connectivity index (χ1v) is 6.35. The van der Waals surface area contributed by atoms with Crippen LogP contribution in [0, 0.1) is 13.8 Å². The maximum Gasteiger partial charge on any atom is 0.232 e. The SMILES string of the molecule is CNC1CCCCC1Oc1cnc(C)c(C)n1. The molecule has 17 heavy (non-hydrogen) atoms. The van der Waals surface area contributed by atoms with Crippen LogP contribution >= 0.6 is 0 Å². The van der Waals surface area contributed by atoms with Crippen LogP contribution in [0.1, 0.15) is 37.1 Å². The molecule has 2 atom stereocenters. The molecule has 0 radical (unpaired) electrons. The van der Waals surface area contributed by atoms with Crippen LogP contribution in [-0.2, 0) is 0 Å². The van der Waals surface area contributed by atoms with Gasteiger partial charge in [-0.15, -0.1) is 0 Å². The van der Waals surface area contributed by atoms with E-state index in [0.717, 1.165) is 17.8 Å². The van der Waals surface area contributed by atoms with E-state index in [9.17, 15) is 0 Å². The van der Waals surface area contributed by atoms with Gasteiger partial charge in [0.15, 0.2) is 0 Å². The van der Waals surface area contributed by atoms with Gasteiger partial charge in [0.1, 0.15) is 6.10 Å². The first kappa shape index (κ1) is 12.3. The van der Waals surface area contributed by atoms with Crippen LogP contribution in [0.25, 0.3) is 0 Å². The summed E-state index contributed by atoms with van der Waals surface area (Å²) in [6, 6.07) is 0.437. The molecule has 94 valence electrons. The smallest absolute Gasteiger partial charge is 0.232 e. The molecule has 0 bridgehead atoms. The Morgan fingerprint density at radius 2 is 2.00 bits per heavy atom. The molecule has 0 amide bonds. The van der Waals surface area contributed by atoms with Crippen molar-refractivity contribution in [3.05, 3.63) is 17.6 Å². The molecule has 0 spiro atoms. The number of nitrogens with zero attached hydrogens (tertiary/aromatic N) is 2. The highest BCUT2D eigenvalue weighted by atomic mass is 16.5. The minimum atomic E-state index is 0.227. The molecule has 1 N–H and O–H groups in total. The molecule has 0 aliphatic heterocycles. The topological polar surface area (TPSA) is 47.0 Å². The monoisotopic (exact) mass is 235 g/mol. The Morgan fingerprint density at radius 3 is 2.71 bits per heavy atom. The van der Waals surface area contributed by atoms with E-state index in [2.05, 4.69) is 15.3 Å². The van der Waals surface area contributed by atoms with Gasteiger partial charge < -0.3 is 10.1 Å². The van der Waals surface area contributed by atoms with Gasteiger partial charge in [-0.3, -0.25) is 4.98 Å². The van der Waals surface area contributed by atoms with Gasteiger partial charge in [0.2, 0.25) is 5.88 Å². The molecule has 1 saturated carbocycles. The molecule has 0 saturated heterocycles. The van der Waals surface area contributed by atoms with E-state index in [1.165, 1.54) is 19.3 Å². The average molecular weight is 235 g/mol. The normalized spacial score (nSPS) is 24.6. The van der Waals surface area contributed by atoms with Crippen LogP contribution in [0.4, 0.5) is 0 Å². The van der Waals surface area contributed by atoms with E-state index in [0.29, 0.717) is 11.9 Å². The van der Waals surface area contributed by atoms with Crippen LogP contribution in [0.15, 0.2) is 6.20 Å². The third-order valence-electron chi connectivity index (χ3n) is 3.52. The fourth-order valence-electron chi connectivity index (χ4n) is 2.30.